The summed E-state index contributed by atoms with van der Waals surface area (Å²) in [4.78, 5) is 0. The van der Waals surface area contributed by atoms with E-state index in [-0.39, 0.29) is 0 Å². The van der Waals surface area contributed by atoms with Crippen LogP contribution in [-0.2, 0) is 0 Å². The number of anilines is 1. The maximum atomic E-state index is 6.06. The van der Waals surface area contributed by atoms with Crippen LogP contribution in [0.2, 0.25) is 5.02 Å². The van der Waals surface area contributed by atoms with Crippen LogP contribution in [0.3, 0.4) is 0 Å². The highest BCUT2D eigenvalue weighted by molar-refractivity contribution is 9.10. The van der Waals surface area contributed by atoms with Crippen molar-refractivity contribution < 1.29 is 0 Å². The zero-order valence-electron chi connectivity index (χ0n) is 9.02. The second-order valence-corrected chi connectivity index (χ2v) is 5.09. The predicted molar refractivity (Wildman–Crippen MR) is 78.3 cm³/mol. The summed E-state index contributed by atoms with van der Waals surface area (Å²) < 4.78 is 0.952. The molecule has 0 atom stereocenters. The van der Waals surface area contributed by atoms with Gasteiger partial charge in [0.2, 0.25) is 0 Å². The number of nitrogens with one attached hydrogen (secondary N) is 2. The van der Waals surface area contributed by atoms with Crippen LogP contribution in [0.15, 0.2) is 22.7 Å². The molecule has 0 saturated heterocycles. The summed E-state index contributed by atoms with van der Waals surface area (Å²) in [6, 6.07) is 5.64. The summed E-state index contributed by atoms with van der Waals surface area (Å²) >= 11 is 14.6. The van der Waals surface area contributed by atoms with E-state index in [2.05, 4.69) is 33.5 Å². The smallest absolute Gasteiger partial charge is 0.170 e. The van der Waals surface area contributed by atoms with E-state index < -0.39 is 0 Å². The first kappa shape index (κ1) is 13.7. The molecule has 0 bridgehead atoms. The minimum Gasteiger partial charge on any atom is -0.362 e. The van der Waals surface area contributed by atoms with Gasteiger partial charge in [-0.3, -0.25) is 0 Å². The second kappa shape index (κ2) is 7.09. The van der Waals surface area contributed by atoms with E-state index in [1.54, 1.807) is 0 Å². The zero-order chi connectivity index (χ0) is 12.0. The fourth-order valence-corrected chi connectivity index (χ4v) is 2.07. The molecule has 16 heavy (non-hydrogen) atoms. The number of rotatable bonds is 4. The van der Waals surface area contributed by atoms with Crippen LogP contribution in [0.4, 0.5) is 5.69 Å². The zero-order valence-corrected chi connectivity index (χ0v) is 12.2. The lowest BCUT2D eigenvalue weighted by atomic mass is 10.3. The lowest BCUT2D eigenvalue weighted by Gasteiger charge is -2.11. The van der Waals surface area contributed by atoms with Gasteiger partial charge in [-0.1, -0.05) is 40.9 Å². The highest BCUT2D eigenvalue weighted by Gasteiger charge is 2.02. The van der Waals surface area contributed by atoms with Gasteiger partial charge in [0.05, 0.1) is 10.7 Å². The minimum absolute atomic E-state index is 0.609. The third kappa shape index (κ3) is 4.68. The molecule has 1 rings (SSSR count). The van der Waals surface area contributed by atoms with E-state index in [9.17, 15) is 0 Å². The Morgan fingerprint density at radius 1 is 1.50 bits per heavy atom. The highest BCUT2D eigenvalue weighted by Crippen LogP contribution is 2.25. The van der Waals surface area contributed by atoms with E-state index >= 15 is 0 Å². The Hall–Kier alpha value is -0.320. The molecular formula is C11H14BrClN2S. The van der Waals surface area contributed by atoms with Crippen LogP contribution in [0.25, 0.3) is 0 Å². The van der Waals surface area contributed by atoms with Crippen molar-refractivity contribution in [1.29, 1.82) is 0 Å². The molecule has 0 saturated carbocycles. The molecule has 0 unspecified atom stereocenters. The van der Waals surface area contributed by atoms with Crippen LogP contribution in [0.1, 0.15) is 19.8 Å². The summed E-state index contributed by atoms with van der Waals surface area (Å²) in [5, 5.41) is 7.44. The van der Waals surface area contributed by atoms with E-state index in [0.717, 1.165) is 29.5 Å². The van der Waals surface area contributed by atoms with Gasteiger partial charge in [0.25, 0.3) is 0 Å². The van der Waals surface area contributed by atoms with Gasteiger partial charge >= 0.3 is 0 Å². The van der Waals surface area contributed by atoms with Gasteiger partial charge in [-0.2, -0.15) is 0 Å². The van der Waals surface area contributed by atoms with Crippen molar-refractivity contribution in [2.75, 3.05) is 11.9 Å². The maximum absolute atomic E-state index is 6.06. The van der Waals surface area contributed by atoms with Gasteiger partial charge in [-0.25, -0.2) is 0 Å². The summed E-state index contributed by atoms with van der Waals surface area (Å²) in [5.74, 6) is 0. The first-order valence-electron chi connectivity index (χ1n) is 5.13. The molecule has 0 aliphatic carbocycles. The number of unbranched alkanes of at least 4 members (excludes halogenated alkanes) is 1. The van der Waals surface area contributed by atoms with Gasteiger partial charge in [0, 0.05) is 11.0 Å². The standard InChI is InChI=1S/C11H14BrClN2S/c1-2-3-6-14-11(16)15-10-5-4-8(12)7-9(10)13/h4-5,7H,2-3,6H2,1H3,(H2,14,15,16). The molecule has 0 heterocycles. The molecule has 0 aliphatic rings. The molecule has 5 heteroatoms. The monoisotopic (exact) mass is 320 g/mol. The quantitative estimate of drug-likeness (QED) is 0.642. The molecule has 0 amide bonds. The van der Waals surface area contributed by atoms with Crippen LogP contribution in [0, 0.1) is 0 Å². The molecule has 0 aliphatic heterocycles. The molecule has 2 nitrogen and oxygen atoms in total. The van der Waals surface area contributed by atoms with Crippen molar-refractivity contribution in [3.05, 3.63) is 27.7 Å². The largest absolute Gasteiger partial charge is 0.362 e. The van der Waals surface area contributed by atoms with Crippen molar-refractivity contribution in [2.45, 2.75) is 19.8 Å². The second-order valence-electron chi connectivity index (χ2n) is 3.36. The fourth-order valence-electron chi connectivity index (χ4n) is 1.14. The van der Waals surface area contributed by atoms with Crippen LogP contribution in [-0.4, -0.2) is 11.7 Å². The normalized spacial score (nSPS) is 9.94. The van der Waals surface area contributed by atoms with E-state index in [4.69, 9.17) is 23.8 Å². The number of halogens is 2. The molecule has 1 aromatic carbocycles. The molecular weight excluding hydrogens is 308 g/mol. The Labute approximate surface area is 115 Å². The Morgan fingerprint density at radius 3 is 2.88 bits per heavy atom. The van der Waals surface area contributed by atoms with Gasteiger partial charge in [0.15, 0.2) is 5.11 Å². The van der Waals surface area contributed by atoms with Gasteiger partial charge in [-0.15, -0.1) is 0 Å². The Balaban J connectivity index is 2.49. The lowest BCUT2D eigenvalue weighted by Crippen LogP contribution is -2.29. The van der Waals surface area contributed by atoms with Gasteiger partial charge < -0.3 is 10.6 Å². The first-order valence-corrected chi connectivity index (χ1v) is 6.71. The first-order chi connectivity index (χ1) is 7.63. The van der Waals surface area contributed by atoms with Crippen LogP contribution < -0.4 is 10.6 Å². The van der Waals surface area contributed by atoms with E-state index in [0.29, 0.717) is 10.1 Å². The predicted octanol–water partition coefficient (Wildman–Crippen LogP) is 4.19. The SMILES string of the molecule is CCCCNC(=S)Nc1ccc(Br)cc1Cl. The number of benzene rings is 1. The Bertz CT molecular complexity index is 371. The van der Waals surface area contributed by atoms with Crippen molar-refractivity contribution in [3.63, 3.8) is 0 Å². The summed E-state index contributed by atoms with van der Waals surface area (Å²) in [6.45, 7) is 3.03. The molecule has 1 aromatic rings. The molecule has 0 aromatic heterocycles. The summed E-state index contributed by atoms with van der Waals surface area (Å²) in [7, 11) is 0. The van der Waals surface area contributed by atoms with E-state index in [1.165, 1.54) is 0 Å². The van der Waals surface area contributed by atoms with Gasteiger partial charge in [-0.05, 0) is 36.8 Å². The molecule has 0 radical (unpaired) electrons. The Morgan fingerprint density at radius 2 is 2.25 bits per heavy atom. The molecule has 0 spiro atoms. The van der Waals surface area contributed by atoms with Crippen LogP contribution >= 0.6 is 39.7 Å². The average Bonchev–Trinajstić information content (AvgIpc) is 2.23. The average molecular weight is 322 g/mol. The van der Waals surface area contributed by atoms with Crippen molar-refractivity contribution in [2.24, 2.45) is 0 Å². The summed E-state index contributed by atoms with van der Waals surface area (Å²) in [5.41, 5.74) is 0.818. The van der Waals surface area contributed by atoms with Crippen LogP contribution in [0.5, 0.6) is 0 Å². The number of hydrogen-bond donors (Lipinski definition) is 2. The molecule has 2 N–H and O–H groups in total. The minimum atomic E-state index is 0.609. The third-order valence-electron chi connectivity index (χ3n) is 2.00. The van der Waals surface area contributed by atoms with Crippen molar-refractivity contribution in [3.8, 4) is 0 Å². The number of thiocarbonyl (C=S) groups is 1. The van der Waals surface area contributed by atoms with Crippen molar-refractivity contribution in [1.82, 2.24) is 5.32 Å². The maximum Gasteiger partial charge on any atom is 0.170 e. The van der Waals surface area contributed by atoms with Gasteiger partial charge in [0.1, 0.15) is 0 Å². The van der Waals surface area contributed by atoms with E-state index in [1.807, 2.05) is 18.2 Å². The molecule has 0 fully saturated rings. The lowest BCUT2D eigenvalue weighted by molar-refractivity contribution is 0.758. The summed E-state index contributed by atoms with van der Waals surface area (Å²) in [6.07, 6.45) is 2.25. The van der Waals surface area contributed by atoms with Crippen molar-refractivity contribution >= 4 is 50.5 Å². The third-order valence-corrected chi connectivity index (χ3v) is 3.05. The topological polar surface area (TPSA) is 24.1 Å². The molecule has 88 valence electrons. The highest BCUT2D eigenvalue weighted by atomic mass is 79.9. The fraction of sp³-hybridized carbons (Fsp3) is 0.364. The number of hydrogen-bond acceptors (Lipinski definition) is 1. The Kier molecular flexibility index (Phi) is 6.09.